The van der Waals surface area contributed by atoms with E-state index in [1.54, 1.807) is 0 Å². The molecule has 2 heterocycles. The van der Waals surface area contributed by atoms with E-state index in [-0.39, 0.29) is 0 Å². The van der Waals surface area contributed by atoms with Crippen LogP contribution in [-0.2, 0) is 0 Å². The molecule has 6 nitrogen and oxygen atoms in total. The van der Waals surface area contributed by atoms with Crippen molar-refractivity contribution < 1.29 is 41.4 Å². The number of anilines is 2. The molecule has 0 aliphatic heterocycles. The number of hydrogen-bond acceptors (Lipinski definition) is 6. The number of pyridine rings is 1. The van der Waals surface area contributed by atoms with E-state index in [1.165, 1.54) is 0 Å². The molecule has 2 atom stereocenters. The summed E-state index contributed by atoms with van der Waals surface area (Å²) in [6, 6.07) is -11.9. The largest absolute Gasteiger partial charge is 0.408 e. The molecule has 0 amide bonds. The first kappa shape index (κ1) is 10.2. The fourth-order valence-electron chi connectivity index (χ4n) is 1.36. The van der Waals surface area contributed by atoms with E-state index >= 15 is 0 Å². The number of nitrogens with one attached hydrogen (secondary N) is 2. The third kappa shape index (κ3) is 5.81. The second kappa shape index (κ2) is 7.71. The molecule has 0 radical (unpaired) electrons. The zero-order valence-electron chi connectivity index (χ0n) is 23.4. The van der Waals surface area contributed by atoms with Crippen LogP contribution in [0.25, 0.3) is 11.5 Å². The van der Waals surface area contributed by atoms with Gasteiger partial charge in [-0.15, -0.1) is 0 Å². The Morgan fingerprint density at radius 3 is 1.93 bits per heavy atom. The Morgan fingerprint density at radius 1 is 0.963 bits per heavy atom. The van der Waals surface area contributed by atoms with Crippen molar-refractivity contribution in [1.29, 1.82) is 0 Å². The van der Waals surface area contributed by atoms with Crippen molar-refractivity contribution in [3.8, 4) is 11.5 Å². The summed E-state index contributed by atoms with van der Waals surface area (Å²) in [5, 5.41) is 1.41. The lowest BCUT2D eigenvalue weighted by Crippen LogP contribution is -2.35. The van der Waals surface area contributed by atoms with Crippen LogP contribution in [0.3, 0.4) is 0 Å². The van der Waals surface area contributed by atoms with Crippen molar-refractivity contribution in [2.24, 2.45) is 0 Å². The molecule has 0 fully saturated rings. The summed E-state index contributed by atoms with van der Waals surface area (Å²) in [5.41, 5.74) is -0.933. The molecular formula is C14H13ClF6N6. The molecule has 0 aromatic carbocycles. The Balaban J connectivity index is 2.89. The molecule has 27 heavy (non-hydrogen) atoms. The van der Waals surface area contributed by atoms with Gasteiger partial charge >= 0.3 is 12.4 Å². The van der Waals surface area contributed by atoms with Gasteiger partial charge in [0.2, 0.25) is 11.9 Å². The molecule has 0 aliphatic carbocycles. The number of halogens is 7. The van der Waals surface area contributed by atoms with E-state index in [2.05, 4.69) is 19.9 Å². The summed E-state index contributed by atoms with van der Waals surface area (Å²) in [5.74, 6) is -4.31. The lowest BCUT2D eigenvalue weighted by Gasteiger charge is -2.20. The zero-order valence-corrected chi connectivity index (χ0v) is 13.2. The molecular weight excluding hydrogens is 402 g/mol. The monoisotopic (exact) mass is 425 g/mol. The van der Waals surface area contributed by atoms with Crippen LogP contribution in [0.2, 0.25) is 5.15 Å². The Bertz CT molecular complexity index is 1130. The Hall–Kier alpha value is -2.37. The first-order valence-corrected chi connectivity index (χ1v) is 6.74. The first-order valence-electron chi connectivity index (χ1n) is 11.9. The average Bonchev–Trinajstić information content (AvgIpc) is 2.71. The van der Waals surface area contributed by atoms with E-state index in [1.807, 2.05) is 0 Å². The van der Waals surface area contributed by atoms with Crippen LogP contribution in [0, 0.1) is 0 Å². The average molecular weight is 426 g/mol. The molecule has 2 N–H and O–H groups in total. The van der Waals surface area contributed by atoms with Crippen LogP contribution in [0.5, 0.6) is 0 Å². The highest BCUT2D eigenvalue weighted by Gasteiger charge is 2.38. The number of rotatable bonds is 5. The van der Waals surface area contributed by atoms with Gasteiger partial charge in [-0.25, -0.2) is 4.98 Å². The number of hydrogen-bond donors (Lipinski definition) is 2. The van der Waals surface area contributed by atoms with Gasteiger partial charge in [-0.05, 0) is 25.8 Å². The molecule has 0 saturated carbocycles. The van der Waals surface area contributed by atoms with Crippen molar-refractivity contribution in [3.63, 3.8) is 0 Å². The van der Waals surface area contributed by atoms with Gasteiger partial charge in [0.05, 0.1) is 6.85 Å². The Labute approximate surface area is 169 Å². The third-order valence-electron chi connectivity index (χ3n) is 2.44. The minimum Gasteiger partial charge on any atom is -0.343 e. The van der Waals surface area contributed by atoms with Crippen molar-refractivity contribution in [2.75, 3.05) is 10.6 Å². The lowest BCUT2D eigenvalue weighted by molar-refractivity contribution is -0.139. The minimum absolute atomic E-state index is 0.786. The maximum Gasteiger partial charge on any atom is 0.408 e. The van der Waals surface area contributed by atoms with Crippen LogP contribution < -0.4 is 10.6 Å². The quantitative estimate of drug-likeness (QED) is 0.549. The second-order valence-corrected chi connectivity index (χ2v) is 4.79. The van der Waals surface area contributed by atoms with Crippen LogP contribution in [0.1, 0.15) is 28.8 Å². The summed E-state index contributed by atoms with van der Waals surface area (Å²) < 4.78 is 162. The highest BCUT2D eigenvalue weighted by Crippen LogP contribution is 2.26. The fraction of sp³-hybridized carbons (Fsp3) is 0.429. The van der Waals surface area contributed by atoms with Gasteiger partial charge < -0.3 is 10.6 Å². The Kier molecular flexibility index (Phi) is 2.93. The van der Waals surface area contributed by atoms with Gasteiger partial charge in [-0.1, -0.05) is 17.6 Å². The van der Waals surface area contributed by atoms with Gasteiger partial charge in [0.15, 0.2) is 5.82 Å². The summed E-state index contributed by atoms with van der Waals surface area (Å²) in [7, 11) is 0. The maximum absolute atomic E-state index is 13.6. The lowest BCUT2D eigenvalue weighted by atomic mass is 10.3. The molecule has 0 saturated heterocycles. The molecule has 2 aromatic heterocycles. The second-order valence-electron chi connectivity index (χ2n) is 4.43. The fourth-order valence-corrected chi connectivity index (χ4v) is 1.49. The SMILES string of the molecule is [2H]c1c(Cl)nc(-c2nc(NC([2H])(C([2H])([2H])[2H])C(F)(F)F)nc(NC([2H])(C([2H])([2H])[2H])C(F)(F)F)n2)c([2H])c1[2H]. The van der Waals surface area contributed by atoms with Crippen LogP contribution in [-0.4, -0.2) is 44.3 Å². The first-order chi connectivity index (χ1) is 16.8. The molecule has 0 spiro atoms. The van der Waals surface area contributed by atoms with Crippen LogP contribution >= 0.6 is 11.6 Å². The molecule has 148 valence electrons. The van der Waals surface area contributed by atoms with Gasteiger partial charge in [0, 0.05) is 8.22 Å². The van der Waals surface area contributed by atoms with E-state index in [4.69, 9.17) is 26.7 Å². The topological polar surface area (TPSA) is 75.6 Å². The van der Waals surface area contributed by atoms with E-state index in [9.17, 15) is 26.3 Å². The van der Waals surface area contributed by atoms with Crippen molar-refractivity contribution in [3.05, 3.63) is 23.3 Å². The molecule has 2 unspecified atom stereocenters. The molecule has 2 rings (SSSR count). The van der Waals surface area contributed by atoms with Gasteiger partial charge in [0.1, 0.15) is 22.9 Å². The maximum atomic E-state index is 13.6. The highest BCUT2D eigenvalue weighted by atomic mass is 35.5. The van der Waals surface area contributed by atoms with Crippen molar-refractivity contribution in [2.45, 2.75) is 38.1 Å². The number of aromatic nitrogens is 4. The predicted octanol–water partition coefficient (Wildman–Crippen LogP) is 4.31. The van der Waals surface area contributed by atoms with E-state index < -0.39 is 84.8 Å². The highest BCUT2D eigenvalue weighted by molar-refractivity contribution is 6.29. The minimum atomic E-state index is -5.88. The number of nitrogens with zero attached hydrogens (tertiary/aromatic N) is 4. The standard InChI is InChI=1S/C14H13ClF6N6/c1-6(13(16,17)18)22-11-25-10(8-4-3-5-9(15)24-8)26-12(27-11)23-7(2)14(19,20)21/h3-7H,1-2H3,(H2,22,23,25,26,27)/i1D3,2D3,3D,4D,5D,6D,7D. The predicted molar refractivity (Wildman–Crippen MR) is 86.3 cm³/mol. The van der Waals surface area contributed by atoms with E-state index in [0.717, 1.165) is 10.6 Å². The number of alkyl halides is 6. The molecule has 0 bridgehead atoms. The summed E-state index contributed by atoms with van der Waals surface area (Å²) in [6.45, 7) is -8.39. The van der Waals surface area contributed by atoms with Crippen molar-refractivity contribution >= 4 is 23.5 Å². The van der Waals surface area contributed by atoms with Gasteiger partial charge in [-0.2, -0.15) is 41.3 Å². The summed E-state index contributed by atoms with van der Waals surface area (Å²) >= 11 is 5.66. The van der Waals surface area contributed by atoms with Crippen LogP contribution in [0.15, 0.2) is 18.1 Å². The normalized spacial score (nSPS) is 23.7. The summed E-state index contributed by atoms with van der Waals surface area (Å²) in [4.78, 5) is 13.2. The third-order valence-corrected chi connectivity index (χ3v) is 2.62. The molecule has 0 aliphatic rings. The zero-order chi connectivity index (χ0) is 29.9. The molecule has 2 aromatic rings. The smallest absolute Gasteiger partial charge is 0.343 e. The van der Waals surface area contributed by atoms with Crippen LogP contribution in [0.4, 0.5) is 38.2 Å². The van der Waals surface area contributed by atoms with Crippen molar-refractivity contribution in [1.82, 2.24) is 19.9 Å². The van der Waals surface area contributed by atoms with Gasteiger partial charge in [-0.3, -0.25) is 0 Å². The Morgan fingerprint density at radius 2 is 1.48 bits per heavy atom. The summed E-state index contributed by atoms with van der Waals surface area (Å²) in [6.07, 6.45) is -11.8. The van der Waals surface area contributed by atoms with Gasteiger partial charge in [0.25, 0.3) is 0 Å². The van der Waals surface area contributed by atoms with E-state index in [0.29, 0.717) is 0 Å². The molecule has 13 heteroatoms.